The molecule has 0 saturated heterocycles. The summed E-state index contributed by atoms with van der Waals surface area (Å²) in [4.78, 5) is 24.0. The lowest BCUT2D eigenvalue weighted by Gasteiger charge is -2.22. The predicted molar refractivity (Wildman–Crippen MR) is 109 cm³/mol. The molecule has 142 valence electrons. The highest BCUT2D eigenvalue weighted by Gasteiger charge is 2.21. The van der Waals surface area contributed by atoms with Gasteiger partial charge in [0.2, 0.25) is 0 Å². The Morgan fingerprint density at radius 3 is 2.79 bits per heavy atom. The highest BCUT2D eigenvalue weighted by molar-refractivity contribution is 6.07. The van der Waals surface area contributed by atoms with Crippen LogP contribution in [0.25, 0.3) is 22.4 Å². The summed E-state index contributed by atoms with van der Waals surface area (Å²) in [6, 6.07) is 18.8. The smallest absolute Gasteiger partial charge is 0.254 e. The number of rotatable bonds is 6. The van der Waals surface area contributed by atoms with E-state index in [1.807, 2.05) is 42.5 Å². The Labute approximate surface area is 168 Å². The van der Waals surface area contributed by atoms with Crippen LogP contribution < -0.4 is 0 Å². The average molecular weight is 382 g/mol. The summed E-state index contributed by atoms with van der Waals surface area (Å²) in [6.07, 6.45) is 5.25. The topological polar surface area (TPSA) is 83.0 Å². The normalized spacial score (nSPS) is 10.6. The molecular weight excluding hydrogens is 364 g/mol. The first-order chi connectivity index (χ1) is 14.3. The second-order valence-electron chi connectivity index (χ2n) is 6.55. The average Bonchev–Trinajstić information content (AvgIpc) is 3.31. The fraction of sp³-hybridized carbons (Fsp3) is 0.130. The van der Waals surface area contributed by atoms with E-state index in [-0.39, 0.29) is 12.3 Å². The van der Waals surface area contributed by atoms with Crippen molar-refractivity contribution in [2.75, 3.05) is 6.54 Å². The van der Waals surface area contributed by atoms with Crippen LogP contribution in [-0.2, 0) is 6.54 Å². The Hall–Kier alpha value is -3.98. The lowest BCUT2D eigenvalue weighted by atomic mass is 10.0. The van der Waals surface area contributed by atoms with E-state index in [1.165, 1.54) is 0 Å². The molecule has 6 nitrogen and oxygen atoms in total. The Morgan fingerprint density at radius 2 is 2.03 bits per heavy atom. The van der Waals surface area contributed by atoms with Crippen LogP contribution in [0.1, 0.15) is 22.3 Å². The summed E-state index contributed by atoms with van der Waals surface area (Å²) >= 11 is 0. The number of aromatic nitrogens is 2. The van der Waals surface area contributed by atoms with Gasteiger partial charge in [0.05, 0.1) is 29.8 Å². The van der Waals surface area contributed by atoms with Gasteiger partial charge >= 0.3 is 0 Å². The minimum atomic E-state index is -0.157. The lowest BCUT2D eigenvalue weighted by Crippen LogP contribution is -2.31. The van der Waals surface area contributed by atoms with Gasteiger partial charge in [-0.05, 0) is 35.9 Å². The summed E-state index contributed by atoms with van der Waals surface area (Å²) in [6.45, 7) is 0.706. The van der Waals surface area contributed by atoms with Crippen molar-refractivity contribution >= 4 is 16.8 Å². The third-order valence-electron chi connectivity index (χ3n) is 4.60. The van der Waals surface area contributed by atoms with Gasteiger partial charge in [-0.25, -0.2) is 4.98 Å². The number of carbonyl (C=O) groups is 1. The quantitative estimate of drug-likeness (QED) is 0.492. The van der Waals surface area contributed by atoms with E-state index in [2.05, 4.69) is 16.0 Å². The lowest BCUT2D eigenvalue weighted by molar-refractivity contribution is 0.0748. The number of furan rings is 1. The molecule has 0 aliphatic rings. The van der Waals surface area contributed by atoms with E-state index in [0.29, 0.717) is 35.6 Å². The summed E-state index contributed by atoms with van der Waals surface area (Å²) in [5.74, 6) is 0.441. The van der Waals surface area contributed by atoms with Crippen LogP contribution in [-0.4, -0.2) is 27.3 Å². The first kappa shape index (κ1) is 18.4. The molecular formula is C23H18N4O2. The van der Waals surface area contributed by atoms with Crippen molar-refractivity contribution < 1.29 is 9.21 Å². The van der Waals surface area contributed by atoms with Gasteiger partial charge in [0, 0.05) is 30.9 Å². The van der Waals surface area contributed by atoms with Gasteiger partial charge in [0.15, 0.2) is 5.76 Å². The largest absolute Gasteiger partial charge is 0.463 e. The van der Waals surface area contributed by atoms with Gasteiger partial charge in [-0.3, -0.25) is 9.78 Å². The van der Waals surface area contributed by atoms with Crippen LogP contribution in [0.4, 0.5) is 0 Å². The zero-order chi connectivity index (χ0) is 20.1. The fourth-order valence-electron chi connectivity index (χ4n) is 3.22. The first-order valence-electron chi connectivity index (χ1n) is 9.25. The number of hydrogen-bond acceptors (Lipinski definition) is 5. The van der Waals surface area contributed by atoms with Gasteiger partial charge in [-0.2, -0.15) is 5.26 Å². The molecule has 0 unspecified atom stereocenters. The van der Waals surface area contributed by atoms with Crippen LogP contribution in [0, 0.1) is 11.3 Å². The molecule has 3 aromatic heterocycles. The number of amides is 1. The van der Waals surface area contributed by atoms with Crippen molar-refractivity contribution in [2.45, 2.75) is 13.0 Å². The summed E-state index contributed by atoms with van der Waals surface area (Å²) in [5, 5.41) is 9.82. The summed E-state index contributed by atoms with van der Waals surface area (Å²) in [5.41, 5.74) is 2.75. The van der Waals surface area contributed by atoms with E-state index in [0.717, 1.165) is 10.9 Å². The molecule has 0 radical (unpaired) electrons. The zero-order valence-electron chi connectivity index (χ0n) is 15.7. The monoisotopic (exact) mass is 382 g/mol. The summed E-state index contributed by atoms with van der Waals surface area (Å²) < 4.78 is 5.49. The maximum Gasteiger partial charge on any atom is 0.254 e. The van der Waals surface area contributed by atoms with Crippen LogP contribution >= 0.6 is 0 Å². The molecule has 3 heterocycles. The predicted octanol–water partition coefficient (Wildman–Crippen LogP) is 4.45. The molecule has 4 rings (SSSR count). The third kappa shape index (κ3) is 3.99. The molecule has 1 amide bonds. The maximum atomic E-state index is 13.5. The van der Waals surface area contributed by atoms with E-state index >= 15 is 0 Å². The molecule has 1 aromatic carbocycles. The van der Waals surface area contributed by atoms with Crippen molar-refractivity contribution in [1.29, 1.82) is 5.26 Å². The molecule has 0 saturated carbocycles. The Kier molecular flexibility index (Phi) is 5.30. The van der Waals surface area contributed by atoms with Gasteiger partial charge < -0.3 is 9.32 Å². The molecule has 0 aliphatic heterocycles. The minimum Gasteiger partial charge on any atom is -0.463 e. The van der Waals surface area contributed by atoms with Gasteiger partial charge in [-0.1, -0.05) is 24.3 Å². The molecule has 0 aliphatic carbocycles. The molecule has 4 aromatic rings. The van der Waals surface area contributed by atoms with Crippen molar-refractivity contribution in [3.63, 3.8) is 0 Å². The fourth-order valence-corrected chi connectivity index (χ4v) is 3.22. The van der Waals surface area contributed by atoms with Crippen LogP contribution in [0.15, 0.2) is 77.7 Å². The molecule has 6 heteroatoms. The number of pyridine rings is 2. The maximum absolute atomic E-state index is 13.5. The Morgan fingerprint density at radius 1 is 1.14 bits per heavy atom. The van der Waals surface area contributed by atoms with Crippen LogP contribution in [0.3, 0.4) is 0 Å². The van der Waals surface area contributed by atoms with Gasteiger partial charge in [0.25, 0.3) is 5.91 Å². The van der Waals surface area contributed by atoms with Crippen LogP contribution in [0.2, 0.25) is 0 Å². The van der Waals surface area contributed by atoms with Crippen LogP contribution in [0.5, 0.6) is 0 Å². The Bertz CT molecular complexity index is 1160. The summed E-state index contributed by atoms with van der Waals surface area (Å²) in [7, 11) is 0. The number of carbonyl (C=O) groups excluding carboxylic acids is 1. The van der Waals surface area contributed by atoms with E-state index in [1.54, 1.807) is 35.7 Å². The number of hydrogen-bond donors (Lipinski definition) is 0. The number of nitrogens with zero attached hydrogens (tertiary/aromatic N) is 4. The number of nitriles is 1. The zero-order valence-corrected chi connectivity index (χ0v) is 15.7. The standard InChI is InChI=1S/C23H18N4O2/c24-10-5-12-27(16-17-6-3-11-25-15-17)23(28)19-14-21(22-9-4-13-29-22)26-20-8-2-1-7-18(19)20/h1-4,6-9,11,13-15H,5,12,16H2. The van der Waals surface area contributed by atoms with Crippen molar-refractivity contribution in [1.82, 2.24) is 14.9 Å². The molecule has 0 atom stereocenters. The van der Waals surface area contributed by atoms with Crippen molar-refractivity contribution in [3.05, 3.63) is 84.4 Å². The Balaban J connectivity index is 1.78. The minimum absolute atomic E-state index is 0.157. The van der Waals surface area contributed by atoms with E-state index in [4.69, 9.17) is 9.68 Å². The SMILES string of the molecule is N#CCCN(Cc1cccnc1)C(=O)c1cc(-c2ccco2)nc2ccccc12. The molecule has 0 N–H and O–H groups in total. The second kappa shape index (κ2) is 8.36. The van der Waals surface area contributed by atoms with E-state index < -0.39 is 0 Å². The number of para-hydroxylation sites is 1. The third-order valence-corrected chi connectivity index (χ3v) is 4.60. The van der Waals surface area contributed by atoms with Crippen molar-refractivity contribution in [2.24, 2.45) is 0 Å². The van der Waals surface area contributed by atoms with Gasteiger partial charge in [-0.15, -0.1) is 0 Å². The second-order valence-corrected chi connectivity index (χ2v) is 6.55. The highest BCUT2D eigenvalue weighted by Crippen LogP contribution is 2.26. The molecule has 29 heavy (non-hydrogen) atoms. The first-order valence-corrected chi connectivity index (χ1v) is 9.25. The van der Waals surface area contributed by atoms with Gasteiger partial charge in [0.1, 0.15) is 5.69 Å². The van der Waals surface area contributed by atoms with E-state index in [9.17, 15) is 4.79 Å². The number of benzene rings is 1. The number of fused-ring (bicyclic) bond motifs is 1. The molecule has 0 fully saturated rings. The highest BCUT2D eigenvalue weighted by atomic mass is 16.3. The van der Waals surface area contributed by atoms with Crippen molar-refractivity contribution in [3.8, 4) is 17.5 Å². The molecule has 0 spiro atoms. The molecule has 0 bridgehead atoms.